The zero-order valence-corrected chi connectivity index (χ0v) is 18.4. The lowest BCUT2D eigenvalue weighted by atomic mass is 10.0. The van der Waals surface area contributed by atoms with E-state index in [2.05, 4.69) is 81.8 Å². The normalized spacial score (nSPS) is 20.9. The summed E-state index contributed by atoms with van der Waals surface area (Å²) in [7, 11) is 0. The van der Waals surface area contributed by atoms with E-state index >= 15 is 0 Å². The van der Waals surface area contributed by atoms with E-state index in [1.165, 1.54) is 63.2 Å². The van der Waals surface area contributed by atoms with Crippen LogP contribution >= 0.6 is 0 Å². The SMILES string of the molecule is CC(C)(C)n1cc(CN2CCN(C3CCN(Cc4ccccc4)CC3)CC2)cn1. The predicted octanol–water partition coefficient (Wildman–Crippen LogP) is 3.42. The molecular weight excluding hydrogens is 358 g/mol. The van der Waals surface area contributed by atoms with E-state index in [0.29, 0.717) is 0 Å². The van der Waals surface area contributed by atoms with Gasteiger partial charge in [-0.05, 0) is 52.3 Å². The molecule has 4 rings (SSSR count). The first-order valence-corrected chi connectivity index (χ1v) is 11.2. The van der Waals surface area contributed by atoms with Crippen molar-refractivity contribution in [2.75, 3.05) is 39.3 Å². The number of piperazine rings is 1. The zero-order valence-electron chi connectivity index (χ0n) is 18.4. The molecule has 1 aromatic carbocycles. The maximum absolute atomic E-state index is 4.55. The van der Waals surface area contributed by atoms with Gasteiger partial charge >= 0.3 is 0 Å². The predicted molar refractivity (Wildman–Crippen MR) is 119 cm³/mol. The Hall–Kier alpha value is -1.69. The summed E-state index contributed by atoms with van der Waals surface area (Å²) in [6.07, 6.45) is 6.88. The Balaban J connectivity index is 1.20. The molecule has 0 spiro atoms. The quantitative estimate of drug-likeness (QED) is 0.775. The number of nitrogens with zero attached hydrogens (tertiary/aromatic N) is 5. The minimum Gasteiger partial charge on any atom is -0.299 e. The maximum atomic E-state index is 4.55. The van der Waals surface area contributed by atoms with Gasteiger partial charge < -0.3 is 0 Å². The van der Waals surface area contributed by atoms with Crippen molar-refractivity contribution in [2.24, 2.45) is 0 Å². The summed E-state index contributed by atoms with van der Waals surface area (Å²) in [6.45, 7) is 15.9. The van der Waals surface area contributed by atoms with Crippen molar-refractivity contribution in [1.82, 2.24) is 24.5 Å². The van der Waals surface area contributed by atoms with Crippen molar-refractivity contribution in [3.63, 3.8) is 0 Å². The monoisotopic (exact) mass is 395 g/mol. The standard InChI is InChI=1S/C24H37N5/c1-24(2,3)29-20-22(17-25-29)19-27-13-15-28(16-14-27)23-9-11-26(12-10-23)18-21-7-5-4-6-8-21/h4-8,17,20,23H,9-16,18-19H2,1-3H3. The van der Waals surface area contributed by atoms with Crippen LogP contribution in [0.15, 0.2) is 42.7 Å². The Labute approximate surface area is 176 Å². The highest BCUT2D eigenvalue weighted by Gasteiger charge is 2.27. The molecule has 5 heteroatoms. The summed E-state index contributed by atoms with van der Waals surface area (Å²) < 4.78 is 2.09. The van der Waals surface area contributed by atoms with Crippen LogP contribution in [0.4, 0.5) is 0 Å². The summed E-state index contributed by atoms with van der Waals surface area (Å²) in [5.74, 6) is 0. The molecule has 0 aliphatic carbocycles. The van der Waals surface area contributed by atoms with Gasteiger partial charge in [0, 0.05) is 57.1 Å². The molecule has 0 radical (unpaired) electrons. The van der Waals surface area contributed by atoms with Crippen LogP contribution in [-0.4, -0.2) is 69.8 Å². The Kier molecular flexibility index (Phi) is 6.38. The molecule has 2 aromatic rings. The molecule has 2 aliphatic rings. The van der Waals surface area contributed by atoms with Crippen LogP contribution in [0.1, 0.15) is 44.7 Å². The second-order valence-corrected chi connectivity index (χ2v) is 9.77. The topological polar surface area (TPSA) is 27.5 Å². The summed E-state index contributed by atoms with van der Waals surface area (Å²) in [5.41, 5.74) is 2.84. The molecule has 0 bridgehead atoms. The van der Waals surface area contributed by atoms with E-state index in [1.807, 2.05) is 6.20 Å². The Bertz CT molecular complexity index is 747. The number of piperidine rings is 1. The molecule has 1 aromatic heterocycles. The first-order chi connectivity index (χ1) is 14.0. The fourth-order valence-corrected chi connectivity index (χ4v) is 4.64. The summed E-state index contributed by atoms with van der Waals surface area (Å²) >= 11 is 0. The number of hydrogen-bond donors (Lipinski definition) is 0. The lowest BCUT2D eigenvalue weighted by Gasteiger charge is -2.42. The van der Waals surface area contributed by atoms with Gasteiger partial charge in [0.2, 0.25) is 0 Å². The van der Waals surface area contributed by atoms with Gasteiger partial charge in [-0.15, -0.1) is 0 Å². The molecule has 0 atom stereocenters. The Morgan fingerprint density at radius 3 is 2.07 bits per heavy atom. The number of rotatable bonds is 5. The summed E-state index contributed by atoms with van der Waals surface area (Å²) in [5, 5.41) is 4.55. The highest BCUT2D eigenvalue weighted by Crippen LogP contribution is 2.21. The number of benzene rings is 1. The Morgan fingerprint density at radius 2 is 1.45 bits per heavy atom. The lowest BCUT2D eigenvalue weighted by Crippen LogP contribution is -2.52. The average Bonchev–Trinajstić information content (AvgIpc) is 3.19. The van der Waals surface area contributed by atoms with Crippen molar-refractivity contribution in [3.8, 4) is 0 Å². The zero-order chi connectivity index (χ0) is 20.3. The van der Waals surface area contributed by atoms with Crippen molar-refractivity contribution in [2.45, 2.75) is 58.3 Å². The number of hydrogen-bond acceptors (Lipinski definition) is 4. The fraction of sp³-hybridized carbons (Fsp3) is 0.625. The molecular formula is C24H37N5. The minimum absolute atomic E-state index is 0.0618. The molecule has 0 unspecified atom stereocenters. The van der Waals surface area contributed by atoms with Gasteiger partial charge in [-0.3, -0.25) is 19.4 Å². The highest BCUT2D eigenvalue weighted by atomic mass is 15.3. The molecule has 158 valence electrons. The van der Waals surface area contributed by atoms with Crippen LogP contribution in [0, 0.1) is 0 Å². The second-order valence-electron chi connectivity index (χ2n) is 9.77. The third-order valence-electron chi connectivity index (χ3n) is 6.46. The Morgan fingerprint density at radius 1 is 0.828 bits per heavy atom. The van der Waals surface area contributed by atoms with Crippen LogP contribution in [0.3, 0.4) is 0 Å². The first kappa shape index (κ1) is 20.6. The van der Waals surface area contributed by atoms with E-state index in [-0.39, 0.29) is 5.54 Å². The van der Waals surface area contributed by atoms with E-state index in [9.17, 15) is 0 Å². The maximum Gasteiger partial charge on any atom is 0.0543 e. The number of aromatic nitrogens is 2. The first-order valence-electron chi connectivity index (χ1n) is 11.2. The molecule has 0 saturated carbocycles. The summed E-state index contributed by atoms with van der Waals surface area (Å²) in [4.78, 5) is 7.95. The van der Waals surface area contributed by atoms with E-state index in [0.717, 1.165) is 19.1 Å². The molecule has 5 nitrogen and oxygen atoms in total. The summed E-state index contributed by atoms with van der Waals surface area (Å²) in [6, 6.07) is 11.7. The van der Waals surface area contributed by atoms with Crippen LogP contribution in [0.25, 0.3) is 0 Å². The van der Waals surface area contributed by atoms with Crippen molar-refractivity contribution in [1.29, 1.82) is 0 Å². The largest absolute Gasteiger partial charge is 0.299 e. The lowest BCUT2D eigenvalue weighted by molar-refractivity contribution is 0.0550. The van der Waals surface area contributed by atoms with E-state index in [4.69, 9.17) is 0 Å². The third kappa shape index (κ3) is 5.47. The highest BCUT2D eigenvalue weighted by molar-refractivity contribution is 5.14. The van der Waals surface area contributed by atoms with Crippen LogP contribution in [0.5, 0.6) is 0 Å². The molecule has 2 aliphatic heterocycles. The van der Waals surface area contributed by atoms with Crippen LogP contribution in [-0.2, 0) is 18.6 Å². The molecule has 2 fully saturated rings. The van der Waals surface area contributed by atoms with Gasteiger partial charge in [-0.2, -0.15) is 5.10 Å². The van der Waals surface area contributed by atoms with Gasteiger partial charge in [-0.1, -0.05) is 30.3 Å². The van der Waals surface area contributed by atoms with Gasteiger partial charge in [-0.25, -0.2) is 0 Å². The molecule has 2 saturated heterocycles. The third-order valence-corrected chi connectivity index (χ3v) is 6.46. The molecule has 29 heavy (non-hydrogen) atoms. The van der Waals surface area contributed by atoms with E-state index in [1.54, 1.807) is 0 Å². The number of likely N-dealkylation sites (tertiary alicyclic amines) is 1. The second kappa shape index (κ2) is 8.99. The average molecular weight is 396 g/mol. The van der Waals surface area contributed by atoms with Gasteiger partial charge in [0.25, 0.3) is 0 Å². The van der Waals surface area contributed by atoms with E-state index < -0.39 is 0 Å². The van der Waals surface area contributed by atoms with Crippen LogP contribution in [0.2, 0.25) is 0 Å². The van der Waals surface area contributed by atoms with Gasteiger partial charge in [0.05, 0.1) is 11.7 Å². The van der Waals surface area contributed by atoms with Crippen molar-refractivity contribution < 1.29 is 0 Å². The fourth-order valence-electron chi connectivity index (χ4n) is 4.64. The minimum atomic E-state index is 0.0618. The van der Waals surface area contributed by atoms with Gasteiger partial charge in [0.1, 0.15) is 0 Å². The molecule has 0 N–H and O–H groups in total. The molecule has 3 heterocycles. The smallest absolute Gasteiger partial charge is 0.0543 e. The van der Waals surface area contributed by atoms with Crippen LogP contribution < -0.4 is 0 Å². The molecule has 0 amide bonds. The van der Waals surface area contributed by atoms with Crippen molar-refractivity contribution in [3.05, 3.63) is 53.9 Å². The van der Waals surface area contributed by atoms with Gasteiger partial charge in [0.15, 0.2) is 0 Å². The van der Waals surface area contributed by atoms with Crippen molar-refractivity contribution >= 4 is 0 Å².